The molecule has 0 radical (unpaired) electrons. The molecule has 0 atom stereocenters. The first-order valence-corrected chi connectivity index (χ1v) is 7.81. The van der Waals surface area contributed by atoms with Gasteiger partial charge in [-0.15, -0.1) is 0 Å². The van der Waals surface area contributed by atoms with Crippen LogP contribution in [-0.4, -0.2) is 26.9 Å². The Labute approximate surface area is 146 Å². The fraction of sp³-hybridized carbons (Fsp3) is 0.278. The highest BCUT2D eigenvalue weighted by Crippen LogP contribution is 2.36. The van der Waals surface area contributed by atoms with Gasteiger partial charge in [0.15, 0.2) is 11.5 Å². The van der Waals surface area contributed by atoms with Crippen LogP contribution < -0.4 is 18.9 Å². The van der Waals surface area contributed by atoms with Gasteiger partial charge in [-0.05, 0) is 37.3 Å². The van der Waals surface area contributed by atoms with Crippen molar-refractivity contribution in [2.75, 3.05) is 26.9 Å². The van der Waals surface area contributed by atoms with E-state index in [1.807, 2.05) is 37.3 Å². The van der Waals surface area contributed by atoms with Crippen molar-refractivity contribution in [1.29, 1.82) is 5.26 Å². The number of halogens is 1. The molecule has 0 unspecified atom stereocenters. The maximum absolute atomic E-state index is 8.99. The van der Waals surface area contributed by atoms with Crippen molar-refractivity contribution in [2.45, 2.75) is 6.92 Å². The predicted octanol–water partition coefficient (Wildman–Crippen LogP) is 4.08. The third-order valence-corrected chi connectivity index (χ3v) is 3.38. The molecule has 6 heteroatoms. The van der Waals surface area contributed by atoms with E-state index in [0.29, 0.717) is 35.3 Å². The first-order valence-electron chi connectivity index (χ1n) is 7.44. The van der Waals surface area contributed by atoms with Gasteiger partial charge in [0, 0.05) is 6.07 Å². The van der Waals surface area contributed by atoms with E-state index < -0.39 is 0 Å². The summed E-state index contributed by atoms with van der Waals surface area (Å²) in [4.78, 5) is 0. The van der Waals surface area contributed by atoms with Crippen molar-refractivity contribution in [3.05, 3.63) is 47.0 Å². The first kappa shape index (κ1) is 17.8. The summed E-state index contributed by atoms with van der Waals surface area (Å²) in [6, 6.07) is 12.5. The summed E-state index contributed by atoms with van der Waals surface area (Å²) >= 11 is 6.17. The molecule has 0 aliphatic rings. The Morgan fingerprint density at radius 3 is 2.29 bits per heavy atom. The molecule has 0 bridgehead atoms. The lowest BCUT2D eigenvalue weighted by Gasteiger charge is -2.14. The summed E-state index contributed by atoms with van der Waals surface area (Å²) < 4.78 is 21.8. The number of hydrogen-bond donors (Lipinski definition) is 0. The average molecular weight is 348 g/mol. The van der Waals surface area contributed by atoms with E-state index in [-0.39, 0.29) is 6.61 Å². The Balaban J connectivity index is 1.94. The van der Waals surface area contributed by atoms with Crippen LogP contribution in [0.1, 0.15) is 12.5 Å². The molecule has 0 aliphatic heterocycles. The van der Waals surface area contributed by atoms with Crippen LogP contribution in [0.3, 0.4) is 0 Å². The normalized spacial score (nSPS) is 9.92. The summed E-state index contributed by atoms with van der Waals surface area (Å²) in [7, 11) is 1.61. The zero-order valence-electron chi connectivity index (χ0n) is 13.5. The van der Waals surface area contributed by atoms with Gasteiger partial charge in [0.05, 0.1) is 30.4 Å². The van der Waals surface area contributed by atoms with Gasteiger partial charge >= 0.3 is 0 Å². The maximum Gasteiger partial charge on any atom is 0.179 e. The zero-order chi connectivity index (χ0) is 17.4. The van der Waals surface area contributed by atoms with Crippen molar-refractivity contribution >= 4 is 11.6 Å². The molecule has 0 fully saturated rings. The van der Waals surface area contributed by atoms with Gasteiger partial charge in [0.1, 0.15) is 24.7 Å². The minimum atomic E-state index is 0.289. The highest BCUT2D eigenvalue weighted by Gasteiger charge is 2.12. The highest BCUT2D eigenvalue weighted by atomic mass is 35.5. The van der Waals surface area contributed by atoms with E-state index in [2.05, 4.69) is 0 Å². The van der Waals surface area contributed by atoms with Crippen molar-refractivity contribution in [3.63, 3.8) is 0 Å². The molecule has 126 valence electrons. The minimum Gasteiger partial charge on any atom is -0.497 e. The molecule has 5 nitrogen and oxygen atoms in total. The van der Waals surface area contributed by atoms with E-state index >= 15 is 0 Å². The number of nitrogens with zero attached hydrogens (tertiary/aromatic N) is 1. The van der Waals surface area contributed by atoms with Crippen LogP contribution in [0.15, 0.2) is 36.4 Å². The monoisotopic (exact) mass is 347 g/mol. The van der Waals surface area contributed by atoms with E-state index in [1.54, 1.807) is 19.2 Å². The molecule has 2 aromatic rings. The van der Waals surface area contributed by atoms with Crippen LogP contribution >= 0.6 is 11.6 Å². The van der Waals surface area contributed by atoms with Gasteiger partial charge in [-0.25, -0.2) is 0 Å². The number of methoxy groups -OCH3 is 1. The second-order valence-electron chi connectivity index (χ2n) is 4.70. The fourth-order valence-electron chi connectivity index (χ4n) is 2.01. The Kier molecular flexibility index (Phi) is 6.59. The molecule has 0 aliphatic carbocycles. The molecular weight excluding hydrogens is 330 g/mol. The Hall–Kier alpha value is -2.58. The largest absolute Gasteiger partial charge is 0.497 e. The lowest BCUT2D eigenvalue weighted by atomic mass is 10.2. The van der Waals surface area contributed by atoms with Crippen LogP contribution in [0.4, 0.5) is 0 Å². The number of nitriles is 1. The van der Waals surface area contributed by atoms with E-state index in [9.17, 15) is 0 Å². The second-order valence-corrected chi connectivity index (χ2v) is 5.11. The molecule has 0 saturated carbocycles. The van der Waals surface area contributed by atoms with Crippen LogP contribution in [-0.2, 0) is 0 Å². The Morgan fingerprint density at radius 2 is 1.67 bits per heavy atom. The van der Waals surface area contributed by atoms with E-state index in [1.165, 1.54) is 0 Å². The Morgan fingerprint density at radius 1 is 1.00 bits per heavy atom. The highest BCUT2D eigenvalue weighted by molar-refractivity contribution is 6.32. The molecule has 0 aromatic heterocycles. The summed E-state index contributed by atoms with van der Waals surface area (Å²) in [5.74, 6) is 2.35. The van der Waals surface area contributed by atoms with Crippen LogP contribution in [0.5, 0.6) is 23.0 Å². The third-order valence-electron chi connectivity index (χ3n) is 3.10. The summed E-state index contributed by atoms with van der Waals surface area (Å²) in [5.41, 5.74) is 0.422. The van der Waals surface area contributed by atoms with Crippen molar-refractivity contribution in [3.8, 4) is 29.1 Å². The van der Waals surface area contributed by atoms with Gasteiger partial charge in [-0.1, -0.05) is 11.6 Å². The molecule has 0 spiro atoms. The van der Waals surface area contributed by atoms with Gasteiger partial charge in [-0.3, -0.25) is 0 Å². The number of ether oxygens (including phenoxy) is 4. The molecule has 0 heterocycles. The predicted molar refractivity (Wildman–Crippen MR) is 91.3 cm³/mol. The zero-order valence-corrected chi connectivity index (χ0v) is 14.3. The number of rotatable bonds is 8. The molecular formula is C18H18ClNO4. The quantitative estimate of drug-likeness (QED) is 0.673. The van der Waals surface area contributed by atoms with Crippen molar-refractivity contribution in [2.24, 2.45) is 0 Å². The van der Waals surface area contributed by atoms with Crippen LogP contribution in [0.2, 0.25) is 5.02 Å². The minimum absolute atomic E-state index is 0.289. The summed E-state index contributed by atoms with van der Waals surface area (Å²) in [6.07, 6.45) is 0. The molecule has 2 aromatic carbocycles. The average Bonchev–Trinajstić information content (AvgIpc) is 2.60. The molecule has 0 amide bonds. The maximum atomic E-state index is 8.99. The fourth-order valence-corrected chi connectivity index (χ4v) is 2.28. The van der Waals surface area contributed by atoms with Crippen LogP contribution in [0.25, 0.3) is 0 Å². The standard InChI is InChI=1S/C18H18ClNO4/c1-3-22-17-11-13(12-20)10-16(19)18(17)24-9-8-23-15-6-4-14(21-2)5-7-15/h4-7,10-11H,3,8-9H2,1-2H3. The van der Waals surface area contributed by atoms with Gasteiger partial charge in [0.25, 0.3) is 0 Å². The number of hydrogen-bond acceptors (Lipinski definition) is 5. The number of benzene rings is 2. The first-order chi connectivity index (χ1) is 11.7. The van der Waals surface area contributed by atoms with E-state index in [4.69, 9.17) is 35.8 Å². The third kappa shape index (κ3) is 4.71. The van der Waals surface area contributed by atoms with Gasteiger partial charge in [-0.2, -0.15) is 5.26 Å². The van der Waals surface area contributed by atoms with Gasteiger partial charge in [0.2, 0.25) is 0 Å². The van der Waals surface area contributed by atoms with Crippen molar-refractivity contribution < 1.29 is 18.9 Å². The van der Waals surface area contributed by atoms with Crippen LogP contribution in [0, 0.1) is 11.3 Å². The van der Waals surface area contributed by atoms with Crippen molar-refractivity contribution in [1.82, 2.24) is 0 Å². The summed E-state index contributed by atoms with van der Waals surface area (Å²) in [6.45, 7) is 2.93. The molecule has 0 N–H and O–H groups in total. The Bertz CT molecular complexity index is 710. The topological polar surface area (TPSA) is 60.7 Å². The molecule has 0 saturated heterocycles. The van der Waals surface area contributed by atoms with Gasteiger partial charge < -0.3 is 18.9 Å². The SMILES string of the molecule is CCOc1cc(C#N)cc(Cl)c1OCCOc1ccc(OC)cc1. The molecule has 2 rings (SSSR count). The van der Waals surface area contributed by atoms with E-state index in [0.717, 1.165) is 11.5 Å². The molecule has 24 heavy (non-hydrogen) atoms. The lowest BCUT2D eigenvalue weighted by molar-refractivity contribution is 0.208. The lowest BCUT2D eigenvalue weighted by Crippen LogP contribution is -2.10. The smallest absolute Gasteiger partial charge is 0.179 e. The second kappa shape index (κ2) is 8.90. The summed E-state index contributed by atoms with van der Waals surface area (Å²) in [5, 5.41) is 9.32.